The van der Waals surface area contributed by atoms with E-state index in [1.165, 1.54) is 0 Å². The molecule has 144 valence electrons. The van der Waals surface area contributed by atoms with Gasteiger partial charge in [-0.1, -0.05) is 13.8 Å². The normalized spacial score (nSPS) is 22.5. The second-order valence-electron chi connectivity index (χ2n) is 7.37. The first-order chi connectivity index (χ1) is 11.2. The van der Waals surface area contributed by atoms with Gasteiger partial charge in [0.2, 0.25) is 0 Å². The largest absolute Gasteiger partial charge is 0.472 e. The number of phosphoric ester groups is 1. The molecule has 0 spiro atoms. The molecule has 1 aliphatic carbocycles. The molecule has 0 aromatic rings. The van der Waals surface area contributed by atoms with Crippen molar-refractivity contribution in [2.45, 2.75) is 51.7 Å². The van der Waals surface area contributed by atoms with E-state index in [-0.39, 0.29) is 18.1 Å². The van der Waals surface area contributed by atoms with E-state index in [0.29, 0.717) is 32.7 Å². The minimum atomic E-state index is -4.08. The monoisotopic (exact) mass is 366 g/mol. The van der Waals surface area contributed by atoms with Crippen molar-refractivity contribution < 1.29 is 18.5 Å². The second kappa shape index (κ2) is 10.2. The molecule has 8 nitrogen and oxygen atoms in total. The standard InChI is InChI=1S/C15H35N4O4P/c1-15(2)5-3-14(4-6-15)23-24(20,21)22-12-13(18)11-19(9-7-16)10-8-17/h13-14H,3-12,16-18H2,1-2H3,(H,20,21). The summed E-state index contributed by atoms with van der Waals surface area (Å²) in [7, 11) is -4.08. The van der Waals surface area contributed by atoms with Gasteiger partial charge in [-0.25, -0.2) is 4.57 Å². The molecule has 0 amide bonds. The Bertz CT molecular complexity index is 395. The summed E-state index contributed by atoms with van der Waals surface area (Å²) in [6, 6.07) is -0.405. The SMILES string of the molecule is CC1(C)CCC(OP(=O)(O)OCC(N)CN(CCN)CCN)CC1. The third-order valence-corrected chi connectivity index (χ3v) is 5.44. The van der Waals surface area contributed by atoms with Crippen molar-refractivity contribution in [2.24, 2.45) is 22.6 Å². The molecule has 0 saturated heterocycles. The molecule has 0 aromatic heterocycles. The van der Waals surface area contributed by atoms with Crippen molar-refractivity contribution in [1.82, 2.24) is 4.90 Å². The van der Waals surface area contributed by atoms with Crippen molar-refractivity contribution in [3.05, 3.63) is 0 Å². The Kier molecular flexibility index (Phi) is 9.33. The van der Waals surface area contributed by atoms with Crippen LogP contribution in [0.3, 0.4) is 0 Å². The molecule has 1 saturated carbocycles. The summed E-state index contributed by atoms with van der Waals surface area (Å²) in [5.74, 6) is 0. The van der Waals surface area contributed by atoms with E-state index >= 15 is 0 Å². The summed E-state index contributed by atoms with van der Waals surface area (Å²) in [5, 5.41) is 0. The smallest absolute Gasteiger partial charge is 0.329 e. The van der Waals surface area contributed by atoms with E-state index in [1.54, 1.807) is 0 Å². The summed E-state index contributed by atoms with van der Waals surface area (Å²) in [6.45, 7) is 7.23. The van der Waals surface area contributed by atoms with Crippen LogP contribution in [0.15, 0.2) is 0 Å². The number of hydrogen-bond donors (Lipinski definition) is 4. The fourth-order valence-corrected chi connectivity index (χ4v) is 3.96. The summed E-state index contributed by atoms with van der Waals surface area (Å²) >= 11 is 0. The van der Waals surface area contributed by atoms with Gasteiger partial charge < -0.3 is 22.1 Å². The maximum absolute atomic E-state index is 12.1. The van der Waals surface area contributed by atoms with Crippen LogP contribution in [0.4, 0.5) is 0 Å². The second-order valence-corrected chi connectivity index (χ2v) is 8.78. The van der Waals surface area contributed by atoms with Gasteiger partial charge in [0, 0.05) is 38.8 Å². The molecular weight excluding hydrogens is 331 g/mol. The molecule has 1 rings (SSSR count). The summed E-state index contributed by atoms with van der Waals surface area (Å²) in [6.07, 6.45) is 3.27. The van der Waals surface area contributed by atoms with E-state index < -0.39 is 13.9 Å². The lowest BCUT2D eigenvalue weighted by atomic mass is 9.76. The van der Waals surface area contributed by atoms with Crippen LogP contribution in [-0.2, 0) is 13.6 Å². The zero-order valence-electron chi connectivity index (χ0n) is 15.0. The Morgan fingerprint density at radius 2 is 1.79 bits per heavy atom. The third-order valence-electron chi connectivity index (χ3n) is 4.40. The highest BCUT2D eigenvalue weighted by atomic mass is 31.2. The maximum atomic E-state index is 12.1. The van der Waals surface area contributed by atoms with E-state index in [1.807, 2.05) is 4.90 Å². The Hall–Kier alpha value is -0.0500. The highest BCUT2D eigenvalue weighted by Crippen LogP contribution is 2.48. The van der Waals surface area contributed by atoms with Crippen LogP contribution in [0, 0.1) is 5.41 Å². The van der Waals surface area contributed by atoms with Gasteiger partial charge in [-0.3, -0.25) is 13.9 Å². The van der Waals surface area contributed by atoms with Crippen LogP contribution < -0.4 is 17.2 Å². The lowest BCUT2D eigenvalue weighted by Crippen LogP contribution is -2.44. The molecule has 0 radical (unpaired) electrons. The van der Waals surface area contributed by atoms with E-state index in [4.69, 9.17) is 26.2 Å². The minimum absolute atomic E-state index is 0.0440. The lowest BCUT2D eigenvalue weighted by Gasteiger charge is -2.34. The lowest BCUT2D eigenvalue weighted by molar-refractivity contribution is 0.0522. The van der Waals surface area contributed by atoms with E-state index in [2.05, 4.69) is 13.8 Å². The van der Waals surface area contributed by atoms with Crippen molar-refractivity contribution in [2.75, 3.05) is 39.3 Å². The predicted molar refractivity (Wildman–Crippen MR) is 95.4 cm³/mol. The Balaban J connectivity index is 2.34. The molecule has 0 aromatic carbocycles. The van der Waals surface area contributed by atoms with Crippen LogP contribution in [-0.4, -0.2) is 61.3 Å². The predicted octanol–water partition coefficient (Wildman–Crippen LogP) is 0.636. The number of rotatable bonds is 11. The van der Waals surface area contributed by atoms with Gasteiger partial charge in [-0.2, -0.15) is 0 Å². The van der Waals surface area contributed by atoms with Gasteiger partial charge in [0.05, 0.1) is 12.7 Å². The molecule has 1 fully saturated rings. The molecule has 9 heteroatoms. The number of phosphoric acid groups is 1. The molecule has 0 bridgehead atoms. The first-order valence-corrected chi connectivity index (χ1v) is 10.2. The quantitative estimate of drug-likeness (QED) is 0.391. The first-order valence-electron chi connectivity index (χ1n) is 8.71. The topological polar surface area (TPSA) is 137 Å². The molecule has 1 aliphatic rings. The van der Waals surface area contributed by atoms with Gasteiger partial charge >= 0.3 is 7.82 Å². The molecule has 7 N–H and O–H groups in total. The fourth-order valence-electron chi connectivity index (χ4n) is 2.93. The summed E-state index contributed by atoms with van der Waals surface area (Å²) < 4.78 is 22.5. The highest BCUT2D eigenvalue weighted by Gasteiger charge is 2.33. The van der Waals surface area contributed by atoms with Gasteiger partial charge in [-0.15, -0.1) is 0 Å². The van der Waals surface area contributed by atoms with Crippen molar-refractivity contribution in [3.8, 4) is 0 Å². The van der Waals surface area contributed by atoms with Crippen LogP contribution in [0.5, 0.6) is 0 Å². The van der Waals surface area contributed by atoms with Crippen molar-refractivity contribution in [1.29, 1.82) is 0 Å². The molecule has 0 heterocycles. The first kappa shape index (κ1) is 22.0. The summed E-state index contributed by atoms with van der Waals surface area (Å²) in [4.78, 5) is 11.9. The average molecular weight is 366 g/mol. The molecule has 0 aliphatic heterocycles. The minimum Gasteiger partial charge on any atom is -0.329 e. The molecule has 2 unspecified atom stereocenters. The number of nitrogens with two attached hydrogens (primary N) is 3. The zero-order chi connectivity index (χ0) is 18.2. The third kappa shape index (κ3) is 8.87. The Labute approximate surface area is 145 Å². The van der Waals surface area contributed by atoms with Crippen LogP contribution in [0.1, 0.15) is 39.5 Å². The van der Waals surface area contributed by atoms with Gasteiger partial charge in [-0.05, 0) is 31.1 Å². The van der Waals surface area contributed by atoms with Crippen LogP contribution in [0.2, 0.25) is 0 Å². The van der Waals surface area contributed by atoms with Crippen LogP contribution >= 0.6 is 7.82 Å². The van der Waals surface area contributed by atoms with E-state index in [9.17, 15) is 9.46 Å². The Morgan fingerprint density at radius 3 is 2.29 bits per heavy atom. The average Bonchev–Trinajstić information content (AvgIpc) is 2.48. The molecule has 2 atom stereocenters. The van der Waals surface area contributed by atoms with Gasteiger partial charge in [0.1, 0.15) is 0 Å². The van der Waals surface area contributed by atoms with Crippen LogP contribution in [0.25, 0.3) is 0 Å². The maximum Gasteiger partial charge on any atom is 0.472 e. The molecular formula is C15H35N4O4P. The van der Waals surface area contributed by atoms with E-state index in [0.717, 1.165) is 25.7 Å². The number of hydrogen-bond acceptors (Lipinski definition) is 7. The molecule has 24 heavy (non-hydrogen) atoms. The Morgan fingerprint density at radius 1 is 1.25 bits per heavy atom. The fraction of sp³-hybridized carbons (Fsp3) is 1.00. The van der Waals surface area contributed by atoms with Crippen molar-refractivity contribution >= 4 is 7.82 Å². The highest BCUT2D eigenvalue weighted by molar-refractivity contribution is 7.47. The van der Waals surface area contributed by atoms with Gasteiger partial charge in [0.15, 0.2) is 0 Å². The number of nitrogens with zero attached hydrogens (tertiary/aromatic N) is 1. The van der Waals surface area contributed by atoms with Crippen molar-refractivity contribution in [3.63, 3.8) is 0 Å². The zero-order valence-corrected chi connectivity index (χ0v) is 15.9. The van der Waals surface area contributed by atoms with Gasteiger partial charge in [0.25, 0.3) is 0 Å². The summed E-state index contributed by atoms with van der Waals surface area (Å²) in [5.41, 5.74) is 17.3.